The van der Waals surface area contributed by atoms with Crippen LogP contribution in [0.1, 0.15) is 24.8 Å². The molecule has 1 unspecified atom stereocenters. The molecule has 1 aromatic rings. The van der Waals surface area contributed by atoms with Crippen LogP contribution in [0, 0.1) is 5.92 Å². The van der Waals surface area contributed by atoms with Gasteiger partial charge < -0.3 is 20.1 Å². The van der Waals surface area contributed by atoms with E-state index in [0.29, 0.717) is 25.7 Å². The Balaban J connectivity index is 1.73. The van der Waals surface area contributed by atoms with Gasteiger partial charge in [-0.15, -0.1) is 0 Å². The van der Waals surface area contributed by atoms with Gasteiger partial charge in [-0.3, -0.25) is 0 Å². The van der Waals surface area contributed by atoms with Gasteiger partial charge in [-0.25, -0.2) is 4.79 Å². The van der Waals surface area contributed by atoms with Crippen LogP contribution in [-0.4, -0.2) is 32.9 Å². The monoisotopic (exact) mass is 318 g/mol. The molecule has 0 aromatic heterocycles. The Labute approximate surface area is 138 Å². The van der Waals surface area contributed by atoms with Crippen molar-refractivity contribution in [3.63, 3.8) is 0 Å². The lowest BCUT2D eigenvalue weighted by Gasteiger charge is -2.18. The summed E-state index contributed by atoms with van der Waals surface area (Å²) in [6.45, 7) is 2.37. The molecule has 0 fully saturated rings. The summed E-state index contributed by atoms with van der Waals surface area (Å²) in [6.07, 6.45) is 7.70. The second-order valence-corrected chi connectivity index (χ2v) is 5.73. The van der Waals surface area contributed by atoms with Gasteiger partial charge in [-0.1, -0.05) is 24.3 Å². The van der Waals surface area contributed by atoms with Crippen LogP contribution in [0.2, 0.25) is 0 Å². The molecule has 0 saturated heterocycles. The maximum atomic E-state index is 12.0. The van der Waals surface area contributed by atoms with Gasteiger partial charge >= 0.3 is 6.03 Å². The van der Waals surface area contributed by atoms with Gasteiger partial charge in [0.05, 0.1) is 19.8 Å². The highest BCUT2D eigenvalue weighted by atomic mass is 16.5. The highest BCUT2D eigenvalue weighted by Crippen LogP contribution is 2.17. The third kappa shape index (κ3) is 6.84. The van der Waals surface area contributed by atoms with Crippen molar-refractivity contribution in [1.29, 1.82) is 0 Å². The van der Waals surface area contributed by atoms with Crippen molar-refractivity contribution in [2.24, 2.45) is 5.92 Å². The maximum absolute atomic E-state index is 12.0. The molecule has 5 heteroatoms. The number of allylic oxidation sites excluding steroid dienone is 2. The van der Waals surface area contributed by atoms with Crippen LogP contribution in [0.15, 0.2) is 36.4 Å². The van der Waals surface area contributed by atoms with Crippen LogP contribution in [-0.2, 0) is 16.1 Å². The number of nitrogens with one attached hydrogen (secondary N) is 2. The average molecular weight is 318 g/mol. The normalized spacial score (nSPS) is 17.0. The molecule has 126 valence electrons. The summed E-state index contributed by atoms with van der Waals surface area (Å²) >= 11 is 0. The van der Waals surface area contributed by atoms with Gasteiger partial charge in [0, 0.05) is 19.3 Å². The summed E-state index contributed by atoms with van der Waals surface area (Å²) in [4.78, 5) is 12.0. The summed E-state index contributed by atoms with van der Waals surface area (Å²) in [5.74, 6) is 0.547. The summed E-state index contributed by atoms with van der Waals surface area (Å²) in [6, 6.07) is 7.54. The molecule has 1 aromatic carbocycles. The molecule has 1 aliphatic carbocycles. The van der Waals surface area contributed by atoms with Crippen molar-refractivity contribution in [2.75, 3.05) is 32.2 Å². The van der Waals surface area contributed by atoms with Crippen molar-refractivity contribution in [3.8, 4) is 0 Å². The zero-order valence-electron chi connectivity index (χ0n) is 13.7. The van der Waals surface area contributed by atoms with Gasteiger partial charge in [0.1, 0.15) is 0 Å². The van der Waals surface area contributed by atoms with E-state index in [2.05, 4.69) is 22.8 Å². The lowest BCUT2D eigenvalue weighted by Crippen LogP contribution is -2.33. The zero-order valence-corrected chi connectivity index (χ0v) is 13.7. The summed E-state index contributed by atoms with van der Waals surface area (Å²) in [5, 5.41) is 5.82. The smallest absolute Gasteiger partial charge is 0.319 e. The summed E-state index contributed by atoms with van der Waals surface area (Å²) < 4.78 is 10.4. The first-order valence-electron chi connectivity index (χ1n) is 8.13. The first-order chi connectivity index (χ1) is 11.3. The number of benzene rings is 1. The quantitative estimate of drug-likeness (QED) is 0.571. The minimum absolute atomic E-state index is 0.156. The number of rotatable bonds is 8. The summed E-state index contributed by atoms with van der Waals surface area (Å²) in [7, 11) is 1.65. The third-order valence-electron chi connectivity index (χ3n) is 3.81. The lowest BCUT2D eigenvalue weighted by atomic mass is 9.94. The molecule has 2 amide bonds. The number of carbonyl (C=O) groups is 1. The number of ether oxygens (including phenoxy) is 2. The molecule has 0 radical (unpaired) electrons. The van der Waals surface area contributed by atoms with Crippen LogP contribution in [0.5, 0.6) is 0 Å². The molecule has 2 rings (SSSR count). The number of methoxy groups -OCH3 is 1. The van der Waals surface area contributed by atoms with Gasteiger partial charge in [0.2, 0.25) is 0 Å². The molecule has 0 aliphatic heterocycles. The van der Waals surface area contributed by atoms with Crippen molar-refractivity contribution >= 4 is 11.7 Å². The molecule has 0 spiro atoms. The van der Waals surface area contributed by atoms with Crippen molar-refractivity contribution < 1.29 is 14.3 Å². The number of amides is 2. The van der Waals surface area contributed by atoms with Crippen LogP contribution in [0.25, 0.3) is 0 Å². The van der Waals surface area contributed by atoms with E-state index in [0.717, 1.165) is 37.1 Å². The van der Waals surface area contributed by atoms with Crippen LogP contribution in [0.4, 0.5) is 10.5 Å². The van der Waals surface area contributed by atoms with E-state index in [1.165, 1.54) is 0 Å². The minimum atomic E-state index is -0.156. The Bertz CT molecular complexity index is 517. The highest BCUT2D eigenvalue weighted by Gasteiger charge is 2.11. The van der Waals surface area contributed by atoms with Gasteiger partial charge in [0.25, 0.3) is 0 Å². The number of urea groups is 1. The first kappa shape index (κ1) is 17.5. The average Bonchev–Trinajstić information content (AvgIpc) is 2.58. The molecular formula is C18H26N2O3. The van der Waals surface area contributed by atoms with Crippen LogP contribution in [0.3, 0.4) is 0 Å². The highest BCUT2D eigenvalue weighted by molar-refractivity contribution is 5.89. The van der Waals surface area contributed by atoms with Gasteiger partial charge in [-0.2, -0.15) is 0 Å². The van der Waals surface area contributed by atoms with E-state index in [1.807, 2.05) is 24.3 Å². The van der Waals surface area contributed by atoms with E-state index < -0.39 is 0 Å². The molecular weight excluding hydrogens is 292 g/mol. The fraction of sp³-hybridized carbons (Fsp3) is 0.500. The van der Waals surface area contributed by atoms with E-state index in [1.54, 1.807) is 7.11 Å². The van der Waals surface area contributed by atoms with Crippen molar-refractivity contribution in [3.05, 3.63) is 42.0 Å². The fourth-order valence-corrected chi connectivity index (χ4v) is 2.53. The number of anilines is 1. The zero-order chi connectivity index (χ0) is 16.3. The lowest BCUT2D eigenvalue weighted by molar-refractivity contribution is 0.0617. The SMILES string of the molecule is COCCOCc1cccc(NC(=O)NCC2CC=CCC2)c1. The molecule has 23 heavy (non-hydrogen) atoms. The Kier molecular flexibility index (Phi) is 7.63. The Morgan fingerprint density at radius 2 is 2.22 bits per heavy atom. The van der Waals surface area contributed by atoms with E-state index in [-0.39, 0.29) is 6.03 Å². The van der Waals surface area contributed by atoms with Crippen molar-refractivity contribution in [1.82, 2.24) is 5.32 Å². The van der Waals surface area contributed by atoms with Gasteiger partial charge in [0.15, 0.2) is 0 Å². The number of carbonyl (C=O) groups excluding carboxylic acids is 1. The molecule has 1 atom stereocenters. The largest absolute Gasteiger partial charge is 0.382 e. The predicted octanol–water partition coefficient (Wildman–Crippen LogP) is 3.33. The molecule has 0 bridgehead atoms. The predicted molar refractivity (Wildman–Crippen MR) is 91.5 cm³/mol. The standard InChI is InChI=1S/C18H26N2O3/c1-22-10-11-23-14-16-8-5-9-17(12-16)20-18(21)19-13-15-6-3-2-4-7-15/h2-3,5,8-9,12,15H,4,6-7,10-11,13-14H2,1H3,(H2,19,20,21). The second-order valence-electron chi connectivity index (χ2n) is 5.73. The summed E-state index contributed by atoms with van der Waals surface area (Å²) in [5.41, 5.74) is 1.80. The second kappa shape index (κ2) is 10.0. The molecule has 1 aliphatic rings. The molecule has 0 saturated carbocycles. The minimum Gasteiger partial charge on any atom is -0.382 e. The van der Waals surface area contributed by atoms with Crippen LogP contribution >= 0.6 is 0 Å². The third-order valence-corrected chi connectivity index (χ3v) is 3.81. The number of hydrogen-bond acceptors (Lipinski definition) is 3. The molecule has 2 N–H and O–H groups in total. The van der Waals surface area contributed by atoms with E-state index in [9.17, 15) is 4.79 Å². The van der Waals surface area contributed by atoms with Crippen LogP contribution < -0.4 is 10.6 Å². The number of hydrogen-bond donors (Lipinski definition) is 2. The van der Waals surface area contributed by atoms with E-state index in [4.69, 9.17) is 9.47 Å². The van der Waals surface area contributed by atoms with Gasteiger partial charge in [-0.05, 0) is 42.9 Å². The molecule has 5 nitrogen and oxygen atoms in total. The topological polar surface area (TPSA) is 59.6 Å². The Hall–Kier alpha value is -1.85. The first-order valence-corrected chi connectivity index (χ1v) is 8.13. The maximum Gasteiger partial charge on any atom is 0.319 e. The van der Waals surface area contributed by atoms with Crippen molar-refractivity contribution in [2.45, 2.75) is 25.9 Å². The molecule has 0 heterocycles. The fourth-order valence-electron chi connectivity index (χ4n) is 2.53. The Morgan fingerprint density at radius 3 is 3.00 bits per heavy atom. The Morgan fingerprint density at radius 1 is 1.30 bits per heavy atom. The van der Waals surface area contributed by atoms with E-state index >= 15 is 0 Å².